The summed E-state index contributed by atoms with van der Waals surface area (Å²) in [5.74, 6) is -0.277. The third kappa shape index (κ3) is 6.73. The van der Waals surface area contributed by atoms with Crippen molar-refractivity contribution < 1.29 is 9.53 Å². The summed E-state index contributed by atoms with van der Waals surface area (Å²) in [6, 6.07) is 17.5. The number of nitrogen functional groups attached to an aromatic ring is 1. The summed E-state index contributed by atoms with van der Waals surface area (Å²) in [6.07, 6.45) is 1.23. The molecule has 3 rings (SSSR count). The van der Waals surface area contributed by atoms with Crippen LogP contribution in [0, 0.1) is 0 Å². The minimum absolute atomic E-state index is 0.00489. The zero-order valence-corrected chi connectivity index (χ0v) is 21.5. The summed E-state index contributed by atoms with van der Waals surface area (Å²) in [7, 11) is 1.58. The average molecular weight is 493 g/mol. The molecule has 0 saturated carbocycles. The molecule has 0 unspecified atom stereocenters. The van der Waals surface area contributed by atoms with Crippen molar-refractivity contribution in [3.63, 3.8) is 0 Å². The van der Waals surface area contributed by atoms with Crippen molar-refractivity contribution in [2.45, 2.75) is 52.0 Å². The number of carbonyl (C=O) groups is 1. The van der Waals surface area contributed by atoms with Crippen LogP contribution in [0.2, 0.25) is 0 Å². The number of aryl methyl sites for hydroxylation is 1. The molecule has 1 heterocycles. The first-order chi connectivity index (χ1) is 17.1. The van der Waals surface area contributed by atoms with Gasteiger partial charge in [0.15, 0.2) is 5.69 Å². The number of aromatic nitrogens is 2. The number of anilines is 2. The first-order valence-electron chi connectivity index (χ1n) is 12.2. The molecule has 1 aromatic heterocycles. The van der Waals surface area contributed by atoms with Crippen LogP contribution in [0.5, 0.6) is 0 Å². The van der Waals surface area contributed by atoms with Crippen LogP contribution in [-0.4, -0.2) is 35.7 Å². The number of ether oxygens (including phenoxy) is 1. The second-order valence-electron chi connectivity index (χ2n) is 9.90. The van der Waals surface area contributed by atoms with Gasteiger partial charge in [-0.2, -0.15) is 0 Å². The highest BCUT2D eigenvalue weighted by atomic mass is 16.5. The molecule has 2 aromatic carbocycles. The molecule has 8 nitrogen and oxygen atoms in total. The molecule has 3 N–H and O–H groups in total. The number of amides is 1. The quantitative estimate of drug-likeness (QED) is 0.421. The Kier molecular flexibility index (Phi) is 8.88. The Morgan fingerprint density at radius 1 is 1.03 bits per heavy atom. The predicted molar refractivity (Wildman–Crippen MR) is 144 cm³/mol. The van der Waals surface area contributed by atoms with Crippen molar-refractivity contribution in [3.8, 4) is 0 Å². The van der Waals surface area contributed by atoms with E-state index in [1.807, 2.05) is 42.5 Å². The highest BCUT2D eigenvalue weighted by molar-refractivity contribution is 5.95. The van der Waals surface area contributed by atoms with Gasteiger partial charge in [0, 0.05) is 26.7 Å². The number of aromatic amines is 1. The Balaban J connectivity index is 1.88. The molecule has 0 spiro atoms. The first-order valence-corrected chi connectivity index (χ1v) is 12.2. The number of hydrogen-bond acceptors (Lipinski definition) is 5. The summed E-state index contributed by atoms with van der Waals surface area (Å²) in [6.45, 7) is 7.30. The Labute approximate surface area is 211 Å². The fourth-order valence-corrected chi connectivity index (χ4v) is 4.05. The lowest BCUT2D eigenvalue weighted by molar-refractivity contribution is -0.118. The van der Waals surface area contributed by atoms with Crippen molar-refractivity contribution in [2.24, 2.45) is 0 Å². The normalized spacial score (nSPS) is 11.4. The maximum Gasteiger partial charge on any atom is 0.330 e. The number of H-pyrrole nitrogens is 1. The van der Waals surface area contributed by atoms with E-state index in [9.17, 15) is 14.4 Å². The number of rotatable bonds is 10. The van der Waals surface area contributed by atoms with Gasteiger partial charge in [0.05, 0.1) is 6.54 Å². The average Bonchev–Trinajstić information content (AvgIpc) is 2.84. The van der Waals surface area contributed by atoms with Crippen molar-refractivity contribution in [1.82, 2.24) is 9.55 Å². The number of nitrogens with one attached hydrogen (secondary N) is 1. The summed E-state index contributed by atoms with van der Waals surface area (Å²) < 4.78 is 6.43. The van der Waals surface area contributed by atoms with Gasteiger partial charge in [0.1, 0.15) is 5.82 Å². The summed E-state index contributed by atoms with van der Waals surface area (Å²) in [4.78, 5) is 42.6. The monoisotopic (exact) mass is 492 g/mol. The molecule has 0 atom stereocenters. The molecule has 0 radical (unpaired) electrons. The Morgan fingerprint density at radius 2 is 1.69 bits per heavy atom. The van der Waals surface area contributed by atoms with Gasteiger partial charge in [0.2, 0.25) is 5.91 Å². The van der Waals surface area contributed by atoms with E-state index in [-0.39, 0.29) is 42.3 Å². The maximum absolute atomic E-state index is 13.4. The van der Waals surface area contributed by atoms with Gasteiger partial charge in [0.25, 0.3) is 5.56 Å². The zero-order chi connectivity index (χ0) is 26.3. The van der Waals surface area contributed by atoms with E-state index >= 15 is 0 Å². The largest absolute Gasteiger partial charge is 0.385 e. The summed E-state index contributed by atoms with van der Waals surface area (Å²) in [5.41, 5.74) is 8.21. The number of carbonyl (C=O) groups excluding carboxylic acids is 1. The van der Waals surface area contributed by atoms with Gasteiger partial charge >= 0.3 is 5.69 Å². The molecular formula is C28H36N4O4. The third-order valence-corrected chi connectivity index (χ3v) is 6.15. The Bertz CT molecular complexity index is 1270. The smallest absolute Gasteiger partial charge is 0.330 e. The van der Waals surface area contributed by atoms with Gasteiger partial charge in [-0.15, -0.1) is 0 Å². The van der Waals surface area contributed by atoms with Crippen molar-refractivity contribution in [3.05, 3.63) is 92.1 Å². The molecule has 0 saturated heterocycles. The second-order valence-corrected chi connectivity index (χ2v) is 9.90. The standard InChI is InChI=1S/C28H36N4O4/c1-28(2,3)22-14-11-20(12-15-22)13-16-23(33)31(17-8-18-36-4)24-25(29)32(27(35)30-26(24)34)19-21-9-6-5-7-10-21/h5-7,9-12,14-15H,8,13,16-19,29H2,1-4H3,(H,30,34,35). The molecule has 36 heavy (non-hydrogen) atoms. The molecule has 0 aliphatic rings. The van der Waals surface area contributed by atoms with E-state index in [0.29, 0.717) is 19.4 Å². The molecule has 0 aliphatic carbocycles. The van der Waals surface area contributed by atoms with Crippen LogP contribution >= 0.6 is 0 Å². The van der Waals surface area contributed by atoms with Gasteiger partial charge in [-0.25, -0.2) is 4.79 Å². The number of hydrogen-bond donors (Lipinski definition) is 2. The molecule has 0 aliphatic heterocycles. The van der Waals surface area contributed by atoms with E-state index in [2.05, 4.69) is 37.9 Å². The minimum atomic E-state index is -0.679. The molecule has 0 bridgehead atoms. The lowest BCUT2D eigenvalue weighted by Gasteiger charge is -2.25. The van der Waals surface area contributed by atoms with Crippen LogP contribution in [0.15, 0.2) is 64.2 Å². The van der Waals surface area contributed by atoms with Crippen LogP contribution in [0.3, 0.4) is 0 Å². The Hall–Kier alpha value is -3.65. The number of nitrogens with two attached hydrogens (primary N) is 1. The van der Waals surface area contributed by atoms with E-state index in [0.717, 1.165) is 11.1 Å². The summed E-state index contributed by atoms with van der Waals surface area (Å²) >= 11 is 0. The Morgan fingerprint density at radius 3 is 2.31 bits per heavy atom. The van der Waals surface area contributed by atoms with E-state index in [1.54, 1.807) is 7.11 Å². The van der Waals surface area contributed by atoms with E-state index in [4.69, 9.17) is 10.5 Å². The minimum Gasteiger partial charge on any atom is -0.385 e. The molecule has 3 aromatic rings. The number of nitrogens with zero attached hydrogens (tertiary/aromatic N) is 2. The zero-order valence-electron chi connectivity index (χ0n) is 21.5. The SMILES string of the molecule is COCCCN(C(=O)CCc1ccc(C(C)(C)C)cc1)c1c(N)n(Cc2ccccc2)c(=O)[nH]c1=O. The fraction of sp³-hybridized carbons (Fsp3) is 0.393. The van der Waals surface area contributed by atoms with Gasteiger partial charge < -0.3 is 15.4 Å². The molecule has 192 valence electrons. The van der Waals surface area contributed by atoms with Crippen LogP contribution < -0.4 is 21.9 Å². The third-order valence-electron chi connectivity index (χ3n) is 6.15. The lowest BCUT2D eigenvalue weighted by atomic mass is 9.86. The van der Waals surface area contributed by atoms with Crippen LogP contribution in [0.25, 0.3) is 0 Å². The highest BCUT2D eigenvalue weighted by Gasteiger charge is 2.24. The lowest BCUT2D eigenvalue weighted by Crippen LogP contribution is -2.42. The van der Waals surface area contributed by atoms with Crippen LogP contribution in [0.4, 0.5) is 11.5 Å². The maximum atomic E-state index is 13.4. The van der Waals surface area contributed by atoms with Crippen LogP contribution in [0.1, 0.15) is 50.3 Å². The highest BCUT2D eigenvalue weighted by Crippen LogP contribution is 2.23. The van der Waals surface area contributed by atoms with Gasteiger partial charge in [-0.3, -0.25) is 19.1 Å². The molecule has 1 amide bonds. The summed E-state index contributed by atoms with van der Waals surface area (Å²) in [5, 5.41) is 0. The van der Waals surface area contributed by atoms with E-state index < -0.39 is 11.2 Å². The molecule has 0 fully saturated rings. The predicted octanol–water partition coefficient (Wildman–Crippen LogP) is 3.47. The number of methoxy groups -OCH3 is 1. The van der Waals surface area contributed by atoms with Gasteiger partial charge in [-0.1, -0.05) is 75.4 Å². The van der Waals surface area contributed by atoms with E-state index in [1.165, 1.54) is 15.0 Å². The van der Waals surface area contributed by atoms with Crippen LogP contribution in [-0.2, 0) is 27.9 Å². The topological polar surface area (TPSA) is 110 Å². The second kappa shape index (κ2) is 11.9. The fourth-order valence-electron chi connectivity index (χ4n) is 4.05. The number of benzene rings is 2. The van der Waals surface area contributed by atoms with Gasteiger partial charge in [-0.05, 0) is 34.9 Å². The molecular weight excluding hydrogens is 456 g/mol. The van der Waals surface area contributed by atoms with Crippen molar-refractivity contribution in [1.29, 1.82) is 0 Å². The van der Waals surface area contributed by atoms with Crippen molar-refractivity contribution in [2.75, 3.05) is 30.9 Å². The molecule has 8 heteroatoms. The van der Waals surface area contributed by atoms with Crippen molar-refractivity contribution >= 4 is 17.4 Å². The first kappa shape index (κ1) is 26.9.